The summed E-state index contributed by atoms with van der Waals surface area (Å²) in [5, 5.41) is 3.32. The fourth-order valence-corrected chi connectivity index (χ4v) is 2.01. The van der Waals surface area contributed by atoms with Crippen molar-refractivity contribution in [3.63, 3.8) is 0 Å². The molecular formula is C11H20N4. The van der Waals surface area contributed by atoms with Gasteiger partial charge in [0, 0.05) is 51.5 Å². The van der Waals surface area contributed by atoms with Crippen LogP contribution in [-0.4, -0.2) is 46.7 Å². The number of rotatable bonds is 5. The minimum atomic E-state index is 0.746. The van der Waals surface area contributed by atoms with Gasteiger partial charge in [-0.3, -0.25) is 4.90 Å². The summed E-state index contributed by atoms with van der Waals surface area (Å²) >= 11 is 0. The lowest BCUT2D eigenvalue weighted by atomic mass is 10.1. The number of aromatic nitrogens is 2. The number of nitrogens with zero attached hydrogens (tertiary/aromatic N) is 3. The van der Waals surface area contributed by atoms with Crippen LogP contribution >= 0.6 is 0 Å². The standard InChI is InChI=1S/C11H20N4/c1-3-15(10-8-12-9-10)6-4-11-13-5-7-14(11)2/h5,7,10,12H,3-4,6,8-9H2,1-2H3. The molecule has 0 aromatic carbocycles. The third-order valence-electron chi connectivity index (χ3n) is 3.23. The zero-order chi connectivity index (χ0) is 10.7. The van der Waals surface area contributed by atoms with Gasteiger partial charge < -0.3 is 9.88 Å². The van der Waals surface area contributed by atoms with Crippen LogP contribution in [0, 0.1) is 0 Å². The van der Waals surface area contributed by atoms with Crippen molar-refractivity contribution in [3.05, 3.63) is 18.2 Å². The highest BCUT2D eigenvalue weighted by molar-refractivity contribution is 4.93. The Bertz CT molecular complexity index is 303. The van der Waals surface area contributed by atoms with Crippen LogP contribution in [0.25, 0.3) is 0 Å². The molecule has 1 N–H and O–H groups in total. The monoisotopic (exact) mass is 208 g/mol. The van der Waals surface area contributed by atoms with Gasteiger partial charge in [-0.25, -0.2) is 4.98 Å². The molecule has 1 saturated heterocycles. The number of likely N-dealkylation sites (N-methyl/N-ethyl adjacent to an activating group) is 1. The molecule has 1 aromatic heterocycles. The Balaban J connectivity index is 1.83. The summed E-state index contributed by atoms with van der Waals surface area (Å²) in [6.45, 7) is 6.78. The van der Waals surface area contributed by atoms with Crippen LogP contribution < -0.4 is 5.32 Å². The van der Waals surface area contributed by atoms with E-state index in [2.05, 4.69) is 33.7 Å². The molecule has 0 unspecified atom stereocenters. The lowest BCUT2D eigenvalue weighted by molar-refractivity contribution is 0.153. The fourth-order valence-electron chi connectivity index (χ4n) is 2.01. The van der Waals surface area contributed by atoms with Crippen molar-refractivity contribution in [2.75, 3.05) is 26.2 Å². The van der Waals surface area contributed by atoms with Crippen LogP contribution in [0.2, 0.25) is 0 Å². The van der Waals surface area contributed by atoms with Crippen molar-refractivity contribution < 1.29 is 0 Å². The van der Waals surface area contributed by atoms with Gasteiger partial charge in [0.05, 0.1) is 0 Å². The summed E-state index contributed by atoms with van der Waals surface area (Å²) < 4.78 is 2.10. The number of hydrogen-bond acceptors (Lipinski definition) is 3. The summed E-state index contributed by atoms with van der Waals surface area (Å²) in [4.78, 5) is 6.88. The molecular weight excluding hydrogens is 188 g/mol. The van der Waals surface area contributed by atoms with E-state index in [1.165, 1.54) is 5.82 Å². The van der Waals surface area contributed by atoms with Crippen molar-refractivity contribution in [2.24, 2.45) is 7.05 Å². The second-order valence-corrected chi connectivity index (χ2v) is 4.15. The van der Waals surface area contributed by atoms with Crippen LogP contribution in [0.5, 0.6) is 0 Å². The molecule has 4 heteroatoms. The Morgan fingerprint density at radius 2 is 2.40 bits per heavy atom. The summed E-state index contributed by atoms with van der Waals surface area (Å²) in [5.41, 5.74) is 0. The van der Waals surface area contributed by atoms with Gasteiger partial charge in [0.15, 0.2) is 0 Å². The molecule has 0 atom stereocenters. The van der Waals surface area contributed by atoms with Crippen LogP contribution in [0.1, 0.15) is 12.7 Å². The van der Waals surface area contributed by atoms with E-state index in [1.54, 1.807) is 0 Å². The van der Waals surface area contributed by atoms with E-state index in [1.807, 2.05) is 12.4 Å². The van der Waals surface area contributed by atoms with Gasteiger partial charge >= 0.3 is 0 Å². The van der Waals surface area contributed by atoms with Gasteiger partial charge in [0.2, 0.25) is 0 Å². The van der Waals surface area contributed by atoms with Gasteiger partial charge in [-0.1, -0.05) is 6.92 Å². The molecule has 1 aliphatic rings. The first kappa shape index (κ1) is 10.6. The Morgan fingerprint density at radius 1 is 1.60 bits per heavy atom. The van der Waals surface area contributed by atoms with Gasteiger partial charge in [-0.05, 0) is 6.54 Å². The second-order valence-electron chi connectivity index (χ2n) is 4.15. The summed E-state index contributed by atoms with van der Waals surface area (Å²) in [6, 6.07) is 0.746. The highest BCUT2D eigenvalue weighted by Gasteiger charge is 2.22. The van der Waals surface area contributed by atoms with Gasteiger partial charge in [0.1, 0.15) is 5.82 Å². The smallest absolute Gasteiger partial charge is 0.109 e. The van der Waals surface area contributed by atoms with Crippen molar-refractivity contribution in [1.82, 2.24) is 19.8 Å². The highest BCUT2D eigenvalue weighted by Crippen LogP contribution is 2.06. The lowest BCUT2D eigenvalue weighted by Gasteiger charge is -2.37. The van der Waals surface area contributed by atoms with E-state index in [9.17, 15) is 0 Å². The third-order valence-corrected chi connectivity index (χ3v) is 3.23. The predicted octanol–water partition coefficient (Wildman–Crippen LogP) is 0.256. The predicted molar refractivity (Wildman–Crippen MR) is 60.8 cm³/mol. The van der Waals surface area contributed by atoms with Crippen molar-refractivity contribution in [2.45, 2.75) is 19.4 Å². The Kier molecular flexibility index (Phi) is 3.38. The zero-order valence-corrected chi connectivity index (χ0v) is 9.61. The van der Waals surface area contributed by atoms with Crippen LogP contribution in [0.4, 0.5) is 0 Å². The molecule has 0 bridgehead atoms. The summed E-state index contributed by atoms with van der Waals surface area (Å²) in [6.07, 6.45) is 4.93. The topological polar surface area (TPSA) is 33.1 Å². The number of aryl methyl sites for hydroxylation is 1. The Hall–Kier alpha value is -0.870. The molecule has 0 radical (unpaired) electrons. The first-order valence-corrected chi connectivity index (χ1v) is 5.72. The molecule has 4 nitrogen and oxygen atoms in total. The normalized spacial score (nSPS) is 17.0. The summed E-state index contributed by atoms with van der Waals surface area (Å²) in [7, 11) is 2.06. The highest BCUT2D eigenvalue weighted by atomic mass is 15.2. The molecule has 0 amide bonds. The average molecular weight is 208 g/mol. The molecule has 1 fully saturated rings. The van der Waals surface area contributed by atoms with E-state index in [-0.39, 0.29) is 0 Å². The molecule has 1 aliphatic heterocycles. The molecule has 2 rings (SSSR count). The van der Waals surface area contributed by atoms with E-state index < -0.39 is 0 Å². The maximum atomic E-state index is 4.35. The average Bonchev–Trinajstić information content (AvgIpc) is 2.55. The first-order valence-electron chi connectivity index (χ1n) is 5.72. The van der Waals surface area contributed by atoms with E-state index in [0.717, 1.165) is 38.6 Å². The minimum Gasteiger partial charge on any atom is -0.338 e. The van der Waals surface area contributed by atoms with Crippen molar-refractivity contribution in [1.29, 1.82) is 0 Å². The number of nitrogens with one attached hydrogen (secondary N) is 1. The SMILES string of the molecule is CCN(CCc1nccn1C)C1CNC1. The molecule has 0 saturated carbocycles. The van der Waals surface area contributed by atoms with E-state index >= 15 is 0 Å². The zero-order valence-electron chi connectivity index (χ0n) is 9.61. The maximum Gasteiger partial charge on any atom is 0.109 e. The number of imidazole rings is 1. The Morgan fingerprint density at radius 3 is 2.87 bits per heavy atom. The first-order chi connectivity index (χ1) is 7.31. The third kappa shape index (κ3) is 2.38. The largest absolute Gasteiger partial charge is 0.338 e. The fraction of sp³-hybridized carbons (Fsp3) is 0.727. The molecule has 15 heavy (non-hydrogen) atoms. The molecule has 0 spiro atoms. The van der Waals surface area contributed by atoms with Crippen LogP contribution in [0.3, 0.4) is 0 Å². The van der Waals surface area contributed by atoms with Crippen molar-refractivity contribution >= 4 is 0 Å². The summed E-state index contributed by atoms with van der Waals surface area (Å²) in [5.74, 6) is 1.18. The molecule has 1 aromatic rings. The van der Waals surface area contributed by atoms with Crippen LogP contribution in [0.15, 0.2) is 12.4 Å². The Labute approximate surface area is 91.3 Å². The van der Waals surface area contributed by atoms with E-state index in [0.29, 0.717) is 0 Å². The lowest BCUT2D eigenvalue weighted by Crippen LogP contribution is -2.57. The van der Waals surface area contributed by atoms with Crippen molar-refractivity contribution in [3.8, 4) is 0 Å². The quantitative estimate of drug-likeness (QED) is 0.753. The van der Waals surface area contributed by atoms with Gasteiger partial charge in [0.25, 0.3) is 0 Å². The molecule has 84 valence electrons. The molecule has 2 heterocycles. The van der Waals surface area contributed by atoms with Crippen LogP contribution in [-0.2, 0) is 13.5 Å². The molecule has 0 aliphatic carbocycles. The van der Waals surface area contributed by atoms with Gasteiger partial charge in [-0.2, -0.15) is 0 Å². The minimum absolute atomic E-state index is 0.746. The van der Waals surface area contributed by atoms with E-state index in [4.69, 9.17) is 0 Å². The van der Waals surface area contributed by atoms with Gasteiger partial charge in [-0.15, -0.1) is 0 Å². The maximum absolute atomic E-state index is 4.35. The number of hydrogen-bond donors (Lipinski definition) is 1. The second kappa shape index (κ2) is 4.77.